The van der Waals surface area contributed by atoms with Crippen molar-refractivity contribution in [2.75, 3.05) is 32.2 Å². The van der Waals surface area contributed by atoms with Gasteiger partial charge >= 0.3 is 23.9 Å². The maximum absolute atomic E-state index is 13.6. The third-order valence-corrected chi connectivity index (χ3v) is 9.25. The Balaban J connectivity index is 1.94. The maximum atomic E-state index is 13.6. The highest BCUT2D eigenvalue weighted by Crippen LogP contribution is 2.28. The number of thiazole rings is 2. The van der Waals surface area contributed by atoms with E-state index in [9.17, 15) is 24.0 Å². The van der Waals surface area contributed by atoms with E-state index in [-0.39, 0.29) is 28.0 Å². The zero-order valence-corrected chi connectivity index (χ0v) is 31.3. The van der Waals surface area contributed by atoms with Gasteiger partial charge in [0.2, 0.25) is 13.6 Å². The van der Waals surface area contributed by atoms with Crippen molar-refractivity contribution in [1.82, 2.24) is 20.6 Å². The van der Waals surface area contributed by atoms with Crippen molar-refractivity contribution in [3.63, 3.8) is 0 Å². The van der Waals surface area contributed by atoms with E-state index >= 15 is 0 Å². The van der Waals surface area contributed by atoms with Crippen molar-refractivity contribution in [2.24, 2.45) is 16.0 Å². The summed E-state index contributed by atoms with van der Waals surface area (Å²) < 4.78 is 20.8. The van der Waals surface area contributed by atoms with Crippen LogP contribution in [0, 0.1) is 17.8 Å². The number of nitrogens with one attached hydrogen (secondary N) is 2. The molecule has 16 nitrogen and oxygen atoms in total. The van der Waals surface area contributed by atoms with Gasteiger partial charge in [-0.15, -0.1) is 34.4 Å². The van der Waals surface area contributed by atoms with Crippen molar-refractivity contribution in [3.8, 4) is 0 Å². The minimum atomic E-state index is -1.50. The van der Waals surface area contributed by atoms with Gasteiger partial charge in [-0.2, -0.15) is 0 Å². The predicted molar refractivity (Wildman–Crippen MR) is 187 cm³/mol. The zero-order chi connectivity index (χ0) is 37.2. The lowest BCUT2D eigenvalue weighted by Crippen LogP contribution is -2.56. The molecule has 2 unspecified atom stereocenters. The highest BCUT2D eigenvalue weighted by Gasteiger charge is 2.38. The monoisotopic (exact) mass is 752 g/mol. The van der Waals surface area contributed by atoms with Gasteiger partial charge in [0.25, 0.3) is 5.91 Å². The Morgan fingerprint density at radius 2 is 1.66 bits per heavy atom. The molecule has 3 rings (SSSR count). The number of allylic oxidation sites excluding steroid dienone is 1. The molecule has 0 bridgehead atoms. The van der Waals surface area contributed by atoms with Crippen molar-refractivity contribution < 1.29 is 47.8 Å². The molecule has 0 radical (unpaired) electrons. The van der Waals surface area contributed by atoms with Crippen LogP contribution in [0.3, 0.4) is 0 Å². The predicted octanol–water partition coefficient (Wildman–Crippen LogP) is 3.14. The molecule has 1 aliphatic heterocycles. The van der Waals surface area contributed by atoms with E-state index in [1.807, 2.05) is 6.92 Å². The van der Waals surface area contributed by atoms with Crippen molar-refractivity contribution in [3.05, 3.63) is 44.5 Å². The van der Waals surface area contributed by atoms with E-state index in [4.69, 9.17) is 29.5 Å². The van der Waals surface area contributed by atoms with Crippen molar-refractivity contribution in [1.29, 1.82) is 0 Å². The molecule has 2 atom stereocenters. The summed E-state index contributed by atoms with van der Waals surface area (Å²) in [6, 6.07) is -1.50. The molecule has 4 N–H and O–H groups in total. The quantitative estimate of drug-likeness (QED) is 0.116. The van der Waals surface area contributed by atoms with Gasteiger partial charge in [-0.1, -0.05) is 11.2 Å². The molecule has 1 amide bonds. The van der Waals surface area contributed by atoms with Crippen LogP contribution in [0.2, 0.25) is 0 Å². The summed E-state index contributed by atoms with van der Waals surface area (Å²) in [5.41, 5.74) is 6.71. The fourth-order valence-electron chi connectivity index (χ4n) is 3.71. The van der Waals surface area contributed by atoms with E-state index in [0.717, 1.165) is 33.7 Å². The summed E-state index contributed by atoms with van der Waals surface area (Å²) in [6.07, 6.45) is 3.48. The summed E-state index contributed by atoms with van der Waals surface area (Å²) in [4.78, 5) is 79.1. The van der Waals surface area contributed by atoms with Crippen LogP contribution in [-0.4, -0.2) is 83.3 Å². The zero-order valence-electron chi connectivity index (χ0n) is 28.8. The average molecular weight is 753 g/mol. The number of nitrogen functional groups attached to an aromatic ring is 1. The van der Waals surface area contributed by atoms with Crippen LogP contribution >= 0.6 is 34.4 Å². The minimum Gasteiger partial charge on any atom is -0.427 e. The highest BCUT2D eigenvalue weighted by atomic mass is 32.2. The molecule has 2 aromatic rings. The van der Waals surface area contributed by atoms with Crippen LogP contribution in [-0.2, 0) is 47.8 Å². The first-order chi connectivity index (χ1) is 23.4. The molecular weight excluding hydrogens is 713 g/mol. The second-order valence-corrected chi connectivity index (χ2v) is 15.5. The lowest BCUT2D eigenvalue weighted by atomic mass is 9.97. The molecule has 272 valence electrons. The Morgan fingerprint density at radius 1 is 1.02 bits per heavy atom. The molecule has 0 aromatic carbocycles. The van der Waals surface area contributed by atoms with Gasteiger partial charge in [0, 0.05) is 16.0 Å². The summed E-state index contributed by atoms with van der Waals surface area (Å²) >= 11 is 3.62. The number of ether oxygens (including phenoxy) is 4. The topological polar surface area (TPSA) is 220 Å². The molecular formula is C31H40N6O10S3. The molecule has 1 aliphatic rings. The van der Waals surface area contributed by atoms with Crippen molar-refractivity contribution in [2.45, 2.75) is 59.9 Å². The van der Waals surface area contributed by atoms with Gasteiger partial charge in [-0.05, 0) is 60.1 Å². The first-order valence-corrected chi connectivity index (χ1v) is 17.7. The lowest BCUT2D eigenvalue weighted by Gasteiger charge is -2.32. The number of thioether (sulfide) groups is 1. The molecule has 0 aliphatic carbocycles. The standard InChI is InChI=1S/C31H40N6O10S3/c1-16-19(50-13-33-16)10-9-17-11-48-24(36-20(17)25(39)44-14-46-27(41)30(2,3)4)22(26(40)45-15-47-28(42)31(5,6)7)35-23(38)21(37-43-8)18-12-49-29(32)34-18/h9-10,12-13,22,24,36H,11,14-15H2,1-8H3,(H2,32,34)(H,35,38)/b10-9-,37-21+. The SMILES string of the molecule is CO/N=C(/C(=O)NC(C(=O)OCOC(=O)C(C)(C)C)C1NC(C(=O)OCOC(=O)C(C)(C)C)=C(/C=C\c2scnc2C)CS1)c1csc(N)n1. The van der Waals surface area contributed by atoms with E-state index in [2.05, 4.69) is 25.8 Å². The van der Waals surface area contributed by atoms with E-state index in [0.29, 0.717) is 5.57 Å². The summed E-state index contributed by atoms with van der Waals surface area (Å²) in [7, 11) is 1.22. The molecule has 3 heterocycles. The third-order valence-electron chi connectivity index (χ3n) is 6.45. The minimum absolute atomic E-state index is 0.0664. The number of oxime groups is 1. The Labute approximate surface area is 301 Å². The molecule has 0 saturated heterocycles. The number of nitrogens with zero attached hydrogens (tertiary/aromatic N) is 3. The van der Waals surface area contributed by atoms with Crippen LogP contribution in [0.25, 0.3) is 6.08 Å². The summed E-state index contributed by atoms with van der Waals surface area (Å²) in [6.45, 7) is 10.3. The van der Waals surface area contributed by atoms with E-state index in [1.54, 1.807) is 59.2 Å². The van der Waals surface area contributed by atoms with Gasteiger partial charge in [0.1, 0.15) is 23.9 Å². The fourth-order valence-corrected chi connectivity index (χ4v) is 6.12. The number of carbonyl (C=O) groups is 5. The number of rotatable bonds is 13. The fraction of sp³-hybridized carbons (Fsp3) is 0.484. The molecule has 0 spiro atoms. The Bertz CT molecular complexity index is 1670. The number of aromatic nitrogens is 2. The number of anilines is 1. The number of hydrogen-bond donors (Lipinski definition) is 3. The molecule has 0 saturated carbocycles. The van der Waals surface area contributed by atoms with E-state index < -0.39 is 65.6 Å². The molecule has 2 aromatic heterocycles. The van der Waals surface area contributed by atoms with Crippen LogP contribution in [0.15, 0.2) is 33.4 Å². The van der Waals surface area contributed by atoms with E-state index in [1.165, 1.54) is 23.8 Å². The highest BCUT2D eigenvalue weighted by molar-refractivity contribution is 8.00. The summed E-state index contributed by atoms with van der Waals surface area (Å²) in [5.74, 6) is -3.85. The Kier molecular flexibility index (Phi) is 13.9. The molecule has 50 heavy (non-hydrogen) atoms. The van der Waals surface area contributed by atoms with Crippen LogP contribution in [0.5, 0.6) is 0 Å². The van der Waals surface area contributed by atoms with Gasteiger partial charge < -0.3 is 40.2 Å². The van der Waals surface area contributed by atoms with Gasteiger partial charge in [-0.25, -0.2) is 19.6 Å². The lowest BCUT2D eigenvalue weighted by molar-refractivity contribution is -0.175. The molecule has 19 heteroatoms. The number of nitrogens with two attached hydrogens (primary N) is 1. The smallest absolute Gasteiger partial charge is 0.357 e. The van der Waals surface area contributed by atoms with Crippen LogP contribution < -0.4 is 16.4 Å². The van der Waals surface area contributed by atoms with Crippen LogP contribution in [0.4, 0.5) is 5.13 Å². The molecule has 0 fully saturated rings. The number of amides is 1. The first-order valence-electron chi connectivity index (χ1n) is 14.9. The number of hydrogen-bond acceptors (Lipinski definition) is 18. The number of esters is 4. The second kappa shape index (κ2) is 17.4. The van der Waals surface area contributed by atoms with Crippen LogP contribution in [0.1, 0.15) is 57.8 Å². The summed E-state index contributed by atoms with van der Waals surface area (Å²) in [5, 5.41) is 9.90. The third kappa shape index (κ3) is 11.3. The Morgan fingerprint density at radius 3 is 2.20 bits per heavy atom. The average Bonchev–Trinajstić information content (AvgIpc) is 3.67. The first kappa shape index (κ1) is 39.9. The largest absolute Gasteiger partial charge is 0.427 e. The number of carbonyl (C=O) groups excluding carboxylic acids is 5. The normalized spacial score (nSPS) is 15.9. The van der Waals surface area contributed by atoms with Gasteiger partial charge in [-0.3, -0.25) is 14.4 Å². The maximum Gasteiger partial charge on any atom is 0.357 e. The van der Waals surface area contributed by atoms with Gasteiger partial charge in [0.15, 0.2) is 16.9 Å². The van der Waals surface area contributed by atoms with Gasteiger partial charge in [0.05, 0.1) is 22.0 Å². The second-order valence-electron chi connectivity index (χ2n) is 12.6. The van der Waals surface area contributed by atoms with Crippen molar-refractivity contribution >= 4 is 81.1 Å². The number of aryl methyl sites for hydroxylation is 1. The Hall–Kier alpha value is -4.49.